The van der Waals surface area contributed by atoms with Gasteiger partial charge in [0.15, 0.2) is 0 Å². The molecule has 9 heteroatoms. The van der Waals surface area contributed by atoms with Crippen LogP contribution >= 0.6 is 0 Å². The van der Waals surface area contributed by atoms with E-state index in [-0.39, 0.29) is 29.5 Å². The van der Waals surface area contributed by atoms with Gasteiger partial charge in [0.25, 0.3) is 5.91 Å². The molecular weight excluding hydrogens is 356 g/mol. The third-order valence-corrected chi connectivity index (χ3v) is 5.88. The standard InChI is InChI=1S/C17H28N4O4S/c1-5-21(6-2)26(24,25)14-9-7-8-13(10-14)16(23)19-11-15(22)20-17(3,4)12-18/h7-10H,5-6,11-12,18H2,1-4H3,(H,19,23)(H,20,22). The van der Waals surface area contributed by atoms with Crippen LogP contribution in [0.4, 0.5) is 0 Å². The maximum atomic E-state index is 12.5. The minimum atomic E-state index is -3.66. The lowest BCUT2D eigenvalue weighted by Gasteiger charge is -2.24. The lowest BCUT2D eigenvalue weighted by molar-refractivity contribution is -0.121. The monoisotopic (exact) mass is 384 g/mol. The highest BCUT2D eigenvalue weighted by atomic mass is 32.2. The Balaban J connectivity index is 2.85. The van der Waals surface area contributed by atoms with E-state index < -0.39 is 21.5 Å². The SMILES string of the molecule is CCN(CC)S(=O)(=O)c1cccc(C(=O)NCC(=O)NC(C)(C)CN)c1. The van der Waals surface area contributed by atoms with Crippen molar-refractivity contribution in [2.24, 2.45) is 5.73 Å². The summed E-state index contributed by atoms with van der Waals surface area (Å²) in [6.07, 6.45) is 0. The van der Waals surface area contributed by atoms with Crippen LogP contribution in [0.15, 0.2) is 29.2 Å². The van der Waals surface area contributed by atoms with Crippen molar-refractivity contribution in [3.8, 4) is 0 Å². The van der Waals surface area contributed by atoms with Gasteiger partial charge in [-0.3, -0.25) is 9.59 Å². The summed E-state index contributed by atoms with van der Waals surface area (Å²) in [7, 11) is -3.66. The molecule has 1 rings (SSSR count). The zero-order valence-electron chi connectivity index (χ0n) is 15.7. The second-order valence-corrected chi connectivity index (χ2v) is 8.37. The van der Waals surface area contributed by atoms with Crippen molar-refractivity contribution in [3.05, 3.63) is 29.8 Å². The van der Waals surface area contributed by atoms with Gasteiger partial charge >= 0.3 is 0 Å². The normalized spacial score (nSPS) is 12.1. The van der Waals surface area contributed by atoms with Gasteiger partial charge in [-0.2, -0.15) is 4.31 Å². The molecule has 0 spiro atoms. The van der Waals surface area contributed by atoms with Gasteiger partial charge in [-0.1, -0.05) is 19.9 Å². The molecule has 0 unspecified atom stereocenters. The Morgan fingerprint density at radius 1 is 1.19 bits per heavy atom. The first-order valence-electron chi connectivity index (χ1n) is 8.47. The van der Waals surface area contributed by atoms with Crippen molar-refractivity contribution in [1.29, 1.82) is 0 Å². The Labute approximate surface area is 155 Å². The molecule has 2 amide bonds. The summed E-state index contributed by atoms with van der Waals surface area (Å²) in [6, 6.07) is 5.76. The van der Waals surface area contributed by atoms with Crippen LogP contribution in [-0.4, -0.2) is 56.3 Å². The number of hydrogen-bond donors (Lipinski definition) is 3. The molecule has 1 aromatic carbocycles. The summed E-state index contributed by atoms with van der Waals surface area (Å²) in [5.74, 6) is -0.900. The average molecular weight is 385 g/mol. The Bertz CT molecular complexity index is 743. The second-order valence-electron chi connectivity index (χ2n) is 6.44. The average Bonchev–Trinajstić information content (AvgIpc) is 2.60. The van der Waals surface area contributed by atoms with Gasteiger partial charge < -0.3 is 16.4 Å². The van der Waals surface area contributed by atoms with Crippen molar-refractivity contribution in [2.75, 3.05) is 26.2 Å². The van der Waals surface area contributed by atoms with Crippen LogP contribution in [0.1, 0.15) is 38.1 Å². The summed E-state index contributed by atoms with van der Waals surface area (Å²) < 4.78 is 26.4. The summed E-state index contributed by atoms with van der Waals surface area (Å²) in [5.41, 5.74) is 5.14. The molecule has 26 heavy (non-hydrogen) atoms. The molecule has 0 saturated carbocycles. The van der Waals surface area contributed by atoms with E-state index in [9.17, 15) is 18.0 Å². The smallest absolute Gasteiger partial charge is 0.251 e. The number of carbonyl (C=O) groups excluding carboxylic acids is 2. The summed E-state index contributed by atoms with van der Waals surface area (Å²) in [6.45, 7) is 7.76. The molecular formula is C17H28N4O4S. The first-order chi connectivity index (χ1) is 12.1. The third kappa shape index (κ3) is 5.79. The predicted molar refractivity (Wildman–Crippen MR) is 100 cm³/mol. The molecule has 0 saturated heterocycles. The van der Waals surface area contributed by atoms with Gasteiger partial charge in [0, 0.05) is 30.7 Å². The molecule has 0 fully saturated rings. The number of sulfonamides is 1. The van der Waals surface area contributed by atoms with E-state index in [1.165, 1.54) is 28.6 Å². The van der Waals surface area contributed by atoms with E-state index in [0.717, 1.165) is 0 Å². The van der Waals surface area contributed by atoms with Crippen LogP contribution in [0, 0.1) is 0 Å². The largest absolute Gasteiger partial charge is 0.348 e. The molecule has 0 radical (unpaired) electrons. The fraction of sp³-hybridized carbons (Fsp3) is 0.529. The quantitative estimate of drug-likeness (QED) is 0.565. The predicted octanol–water partition coefficient (Wildman–Crippen LogP) is 0.300. The Kier molecular flexibility index (Phi) is 7.73. The molecule has 0 atom stereocenters. The van der Waals surface area contributed by atoms with Crippen molar-refractivity contribution in [3.63, 3.8) is 0 Å². The van der Waals surface area contributed by atoms with E-state index in [0.29, 0.717) is 13.1 Å². The Hall–Kier alpha value is -1.97. The minimum absolute atomic E-state index is 0.0440. The molecule has 4 N–H and O–H groups in total. The second kappa shape index (κ2) is 9.11. The number of nitrogens with one attached hydrogen (secondary N) is 2. The summed E-state index contributed by atoms with van der Waals surface area (Å²) in [5, 5.41) is 5.18. The maximum Gasteiger partial charge on any atom is 0.251 e. The number of carbonyl (C=O) groups is 2. The lowest BCUT2D eigenvalue weighted by atomic mass is 10.1. The summed E-state index contributed by atoms with van der Waals surface area (Å²) >= 11 is 0. The van der Waals surface area contributed by atoms with Gasteiger partial charge in [-0.25, -0.2) is 8.42 Å². The van der Waals surface area contributed by atoms with E-state index in [1.54, 1.807) is 27.7 Å². The number of rotatable bonds is 9. The van der Waals surface area contributed by atoms with Crippen LogP contribution in [0.3, 0.4) is 0 Å². The Morgan fingerprint density at radius 2 is 1.81 bits per heavy atom. The fourth-order valence-electron chi connectivity index (χ4n) is 2.25. The molecule has 0 aliphatic heterocycles. The van der Waals surface area contributed by atoms with E-state index in [4.69, 9.17) is 5.73 Å². The van der Waals surface area contributed by atoms with Crippen molar-refractivity contribution >= 4 is 21.8 Å². The number of benzene rings is 1. The minimum Gasteiger partial charge on any atom is -0.348 e. The van der Waals surface area contributed by atoms with Gasteiger partial charge in [-0.15, -0.1) is 0 Å². The van der Waals surface area contributed by atoms with E-state index >= 15 is 0 Å². The van der Waals surface area contributed by atoms with Gasteiger partial charge in [0.1, 0.15) is 0 Å². The molecule has 0 aliphatic carbocycles. The van der Waals surface area contributed by atoms with Crippen LogP contribution < -0.4 is 16.4 Å². The maximum absolute atomic E-state index is 12.5. The molecule has 0 aliphatic rings. The van der Waals surface area contributed by atoms with Gasteiger partial charge in [-0.05, 0) is 32.0 Å². The van der Waals surface area contributed by atoms with Crippen LogP contribution in [0.5, 0.6) is 0 Å². The highest BCUT2D eigenvalue weighted by Crippen LogP contribution is 2.17. The zero-order valence-corrected chi connectivity index (χ0v) is 16.5. The van der Waals surface area contributed by atoms with Crippen LogP contribution in [-0.2, 0) is 14.8 Å². The van der Waals surface area contributed by atoms with E-state index in [2.05, 4.69) is 10.6 Å². The number of hydrogen-bond acceptors (Lipinski definition) is 5. The third-order valence-electron chi connectivity index (χ3n) is 3.84. The fourth-order valence-corrected chi connectivity index (χ4v) is 3.75. The van der Waals surface area contributed by atoms with Crippen LogP contribution in [0.2, 0.25) is 0 Å². The highest BCUT2D eigenvalue weighted by molar-refractivity contribution is 7.89. The van der Waals surface area contributed by atoms with Crippen LogP contribution in [0.25, 0.3) is 0 Å². The molecule has 0 aromatic heterocycles. The molecule has 146 valence electrons. The van der Waals surface area contributed by atoms with Crippen molar-refractivity contribution in [1.82, 2.24) is 14.9 Å². The first-order valence-corrected chi connectivity index (χ1v) is 9.91. The lowest BCUT2D eigenvalue weighted by Crippen LogP contribution is -2.51. The van der Waals surface area contributed by atoms with E-state index in [1.807, 2.05) is 0 Å². The molecule has 0 bridgehead atoms. The van der Waals surface area contributed by atoms with Crippen molar-refractivity contribution in [2.45, 2.75) is 38.1 Å². The topological polar surface area (TPSA) is 122 Å². The van der Waals surface area contributed by atoms with Crippen molar-refractivity contribution < 1.29 is 18.0 Å². The first kappa shape index (κ1) is 22.1. The highest BCUT2D eigenvalue weighted by Gasteiger charge is 2.23. The molecule has 1 aromatic rings. The number of amides is 2. The molecule has 0 heterocycles. The summed E-state index contributed by atoms with van der Waals surface area (Å²) in [4.78, 5) is 24.2. The molecule has 8 nitrogen and oxygen atoms in total. The zero-order chi connectivity index (χ0) is 20.0. The Morgan fingerprint density at radius 3 is 2.35 bits per heavy atom. The van der Waals surface area contributed by atoms with Gasteiger partial charge in [0.2, 0.25) is 15.9 Å². The number of nitrogens with two attached hydrogens (primary N) is 1. The van der Waals surface area contributed by atoms with Gasteiger partial charge in [0.05, 0.1) is 11.4 Å². The number of nitrogens with zero attached hydrogens (tertiary/aromatic N) is 1.